The van der Waals surface area contributed by atoms with Crippen molar-refractivity contribution in [2.75, 3.05) is 6.79 Å². The Hall–Kier alpha value is -3.80. The highest BCUT2D eigenvalue weighted by atomic mass is 16.7. The fourth-order valence-corrected chi connectivity index (χ4v) is 5.07. The van der Waals surface area contributed by atoms with Crippen LogP contribution in [0, 0.1) is 0 Å². The second kappa shape index (κ2) is 8.28. The molecule has 0 saturated heterocycles. The van der Waals surface area contributed by atoms with E-state index in [2.05, 4.69) is 39.8 Å². The monoisotopic (exact) mass is 439 g/mol. The Morgan fingerprint density at radius 3 is 2.70 bits per heavy atom. The van der Waals surface area contributed by atoms with Gasteiger partial charge in [-0.05, 0) is 54.8 Å². The van der Waals surface area contributed by atoms with Gasteiger partial charge in [0, 0.05) is 28.5 Å². The molecular weight excluding hydrogens is 414 g/mol. The van der Waals surface area contributed by atoms with Gasteiger partial charge in [0.1, 0.15) is 5.69 Å². The third-order valence-electron chi connectivity index (χ3n) is 6.78. The van der Waals surface area contributed by atoms with Gasteiger partial charge < -0.3 is 14.8 Å². The van der Waals surface area contributed by atoms with E-state index >= 15 is 0 Å². The van der Waals surface area contributed by atoms with Crippen molar-refractivity contribution in [1.82, 2.24) is 15.5 Å². The lowest BCUT2D eigenvalue weighted by Gasteiger charge is -2.32. The number of carbonyl (C=O) groups excluding carboxylic acids is 1. The van der Waals surface area contributed by atoms with Crippen molar-refractivity contribution in [3.63, 3.8) is 0 Å². The SMILES string of the molecule is O=C(N[C@@H]1CCCC[C@H]1c1ccccc1)c1ccc2[nH]nc(-c3ccc4c(c3)OCO4)c2c1. The van der Waals surface area contributed by atoms with Crippen LogP contribution in [0.25, 0.3) is 22.2 Å². The minimum Gasteiger partial charge on any atom is -0.454 e. The van der Waals surface area contributed by atoms with Crippen LogP contribution in [0.1, 0.15) is 47.5 Å². The summed E-state index contributed by atoms with van der Waals surface area (Å²) in [5.74, 6) is 1.76. The van der Waals surface area contributed by atoms with E-state index in [1.807, 2.05) is 42.5 Å². The van der Waals surface area contributed by atoms with E-state index in [4.69, 9.17) is 9.47 Å². The van der Waals surface area contributed by atoms with Crippen LogP contribution < -0.4 is 14.8 Å². The lowest BCUT2D eigenvalue weighted by molar-refractivity contribution is 0.0921. The molecule has 1 saturated carbocycles. The predicted octanol–water partition coefficient (Wildman–Crippen LogP) is 5.41. The average molecular weight is 440 g/mol. The molecule has 2 atom stereocenters. The van der Waals surface area contributed by atoms with Gasteiger partial charge >= 0.3 is 0 Å². The molecule has 2 aliphatic rings. The Morgan fingerprint density at radius 2 is 1.79 bits per heavy atom. The van der Waals surface area contributed by atoms with Gasteiger partial charge in [-0.2, -0.15) is 5.10 Å². The molecule has 1 fully saturated rings. The van der Waals surface area contributed by atoms with Crippen LogP contribution in [0.15, 0.2) is 66.7 Å². The van der Waals surface area contributed by atoms with Crippen LogP contribution in [-0.2, 0) is 0 Å². The maximum atomic E-state index is 13.3. The lowest BCUT2D eigenvalue weighted by atomic mass is 9.80. The second-order valence-corrected chi connectivity index (χ2v) is 8.78. The molecule has 166 valence electrons. The van der Waals surface area contributed by atoms with Gasteiger partial charge in [-0.15, -0.1) is 0 Å². The van der Waals surface area contributed by atoms with E-state index in [9.17, 15) is 4.79 Å². The molecule has 0 bridgehead atoms. The van der Waals surface area contributed by atoms with Gasteiger partial charge in [-0.25, -0.2) is 0 Å². The van der Waals surface area contributed by atoms with Crippen molar-refractivity contribution in [3.8, 4) is 22.8 Å². The molecule has 1 amide bonds. The summed E-state index contributed by atoms with van der Waals surface area (Å²) in [7, 11) is 0. The summed E-state index contributed by atoms with van der Waals surface area (Å²) in [5, 5.41) is 11.8. The molecule has 4 aromatic rings. The van der Waals surface area contributed by atoms with Crippen molar-refractivity contribution >= 4 is 16.8 Å². The minimum absolute atomic E-state index is 0.0393. The number of ether oxygens (including phenoxy) is 2. The Kier molecular flexibility index (Phi) is 4.98. The van der Waals surface area contributed by atoms with Crippen LogP contribution in [0.3, 0.4) is 0 Å². The molecule has 1 aliphatic carbocycles. The van der Waals surface area contributed by atoms with E-state index in [1.165, 1.54) is 12.0 Å². The topological polar surface area (TPSA) is 76.2 Å². The standard InChI is InChI=1S/C27H25N3O3/c31-27(28-22-9-5-4-8-20(22)17-6-2-1-3-7-17)19-10-12-23-21(14-19)26(30-29-23)18-11-13-24-25(15-18)33-16-32-24/h1-3,6-7,10-15,20,22H,4-5,8-9,16H2,(H,28,31)(H,29,30)/t20-,22+/m0/s1. The zero-order valence-corrected chi connectivity index (χ0v) is 18.2. The second-order valence-electron chi connectivity index (χ2n) is 8.78. The number of aromatic amines is 1. The molecule has 6 heteroatoms. The smallest absolute Gasteiger partial charge is 0.251 e. The van der Waals surface area contributed by atoms with Crippen molar-refractivity contribution in [2.45, 2.75) is 37.6 Å². The number of hydrogen-bond donors (Lipinski definition) is 2. The Morgan fingerprint density at radius 1 is 0.939 bits per heavy atom. The first kappa shape index (κ1) is 19.9. The molecule has 2 heterocycles. The van der Waals surface area contributed by atoms with E-state index in [0.717, 1.165) is 47.2 Å². The van der Waals surface area contributed by atoms with E-state index in [1.54, 1.807) is 0 Å². The number of rotatable bonds is 4. The molecule has 6 rings (SSSR count). The minimum atomic E-state index is -0.0393. The number of carbonyl (C=O) groups is 1. The quantitative estimate of drug-likeness (QED) is 0.445. The van der Waals surface area contributed by atoms with E-state index < -0.39 is 0 Å². The third kappa shape index (κ3) is 3.71. The zero-order chi connectivity index (χ0) is 22.2. The van der Waals surface area contributed by atoms with Crippen molar-refractivity contribution < 1.29 is 14.3 Å². The third-order valence-corrected chi connectivity index (χ3v) is 6.78. The van der Waals surface area contributed by atoms with Crippen molar-refractivity contribution in [3.05, 3.63) is 77.9 Å². The number of H-pyrrole nitrogens is 1. The number of fused-ring (bicyclic) bond motifs is 2. The van der Waals surface area contributed by atoms with Gasteiger partial charge in [0.25, 0.3) is 5.91 Å². The maximum absolute atomic E-state index is 13.3. The summed E-state index contributed by atoms with van der Waals surface area (Å²) in [6.07, 6.45) is 4.45. The number of benzene rings is 3. The Labute approximate surface area is 191 Å². The van der Waals surface area contributed by atoms with Gasteiger partial charge in [0.05, 0.1) is 5.52 Å². The van der Waals surface area contributed by atoms with Crippen LogP contribution in [0.5, 0.6) is 11.5 Å². The molecule has 3 aromatic carbocycles. The van der Waals surface area contributed by atoms with Crippen LogP contribution in [-0.4, -0.2) is 28.9 Å². The normalized spacial score (nSPS) is 19.5. The highest BCUT2D eigenvalue weighted by molar-refractivity contribution is 6.01. The molecule has 1 aliphatic heterocycles. The number of nitrogens with one attached hydrogen (secondary N) is 2. The first-order chi connectivity index (χ1) is 16.3. The Balaban J connectivity index is 1.28. The number of nitrogens with zero attached hydrogens (tertiary/aromatic N) is 1. The number of amides is 1. The molecule has 0 radical (unpaired) electrons. The average Bonchev–Trinajstić information content (AvgIpc) is 3.51. The molecule has 0 spiro atoms. The summed E-state index contributed by atoms with van der Waals surface area (Å²) in [6.45, 7) is 0.232. The first-order valence-corrected chi connectivity index (χ1v) is 11.5. The first-order valence-electron chi connectivity index (χ1n) is 11.5. The summed E-state index contributed by atoms with van der Waals surface area (Å²) in [6, 6.07) is 22.2. The lowest BCUT2D eigenvalue weighted by Crippen LogP contribution is -2.41. The maximum Gasteiger partial charge on any atom is 0.251 e. The summed E-state index contributed by atoms with van der Waals surface area (Å²) in [4.78, 5) is 13.3. The van der Waals surface area contributed by atoms with Gasteiger partial charge in [0.15, 0.2) is 11.5 Å². The molecule has 2 N–H and O–H groups in total. The van der Waals surface area contributed by atoms with Gasteiger partial charge in [-0.1, -0.05) is 43.2 Å². The summed E-state index contributed by atoms with van der Waals surface area (Å²) >= 11 is 0. The van der Waals surface area contributed by atoms with Gasteiger partial charge in [0.2, 0.25) is 6.79 Å². The molecule has 33 heavy (non-hydrogen) atoms. The van der Waals surface area contributed by atoms with Crippen molar-refractivity contribution in [2.24, 2.45) is 0 Å². The highest BCUT2D eigenvalue weighted by Gasteiger charge is 2.28. The Bertz CT molecular complexity index is 1310. The highest BCUT2D eigenvalue weighted by Crippen LogP contribution is 2.37. The van der Waals surface area contributed by atoms with Crippen LogP contribution >= 0.6 is 0 Å². The fraction of sp³-hybridized carbons (Fsp3) is 0.259. The molecule has 6 nitrogen and oxygen atoms in total. The largest absolute Gasteiger partial charge is 0.454 e. The molecule has 1 aromatic heterocycles. The zero-order valence-electron chi connectivity index (χ0n) is 18.2. The van der Waals surface area contributed by atoms with E-state index in [-0.39, 0.29) is 18.7 Å². The fourth-order valence-electron chi connectivity index (χ4n) is 5.07. The molecular formula is C27H25N3O3. The molecule has 0 unspecified atom stereocenters. The summed E-state index contributed by atoms with van der Waals surface area (Å²) < 4.78 is 10.9. The number of aromatic nitrogens is 2. The van der Waals surface area contributed by atoms with Crippen LogP contribution in [0.4, 0.5) is 0 Å². The van der Waals surface area contributed by atoms with Crippen LogP contribution in [0.2, 0.25) is 0 Å². The summed E-state index contributed by atoms with van der Waals surface area (Å²) in [5.41, 5.74) is 4.54. The predicted molar refractivity (Wildman–Crippen MR) is 127 cm³/mol. The van der Waals surface area contributed by atoms with E-state index in [0.29, 0.717) is 17.2 Å². The van der Waals surface area contributed by atoms with Gasteiger partial charge in [-0.3, -0.25) is 9.89 Å². The van der Waals surface area contributed by atoms with Crippen molar-refractivity contribution in [1.29, 1.82) is 0 Å². The number of hydrogen-bond acceptors (Lipinski definition) is 4.